The maximum absolute atomic E-state index is 11.8. The summed E-state index contributed by atoms with van der Waals surface area (Å²) in [5, 5.41) is 5.67. The van der Waals surface area contributed by atoms with Gasteiger partial charge in [0, 0.05) is 31.1 Å². The number of ether oxygens (including phenoxy) is 1. The zero-order valence-corrected chi connectivity index (χ0v) is 12.3. The lowest BCUT2D eigenvalue weighted by Gasteiger charge is -2.28. The molecule has 2 fully saturated rings. The molecule has 114 valence electrons. The molecule has 2 aliphatic heterocycles. The van der Waals surface area contributed by atoms with E-state index in [1.54, 1.807) is 0 Å². The zero-order chi connectivity index (χ0) is 14.5. The molecular formula is C16H23N3O2. The van der Waals surface area contributed by atoms with Gasteiger partial charge < -0.3 is 20.3 Å². The number of urea groups is 1. The molecule has 1 aromatic carbocycles. The van der Waals surface area contributed by atoms with Gasteiger partial charge in [-0.3, -0.25) is 0 Å². The van der Waals surface area contributed by atoms with Crippen molar-refractivity contribution in [2.45, 2.75) is 38.3 Å². The van der Waals surface area contributed by atoms with Crippen LogP contribution in [0.25, 0.3) is 0 Å². The van der Waals surface area contributed by atoms with Crippen molar-refractivity contribution in [2.24, 2.45) is 0 Å². The Morgan fingerprint density at radius 1 is 1.10 bits per heavy atom. The fourth-order valence-electron chi connectivity index (χ4n) is 2.91. The summed E-state index contributed by atoms with van der Waals surface area (Å²) in [5.41, 5.74) is 2.05. The molecule has 5 nitrogen and oxygen atoms in total. The maximum Gasteiger partial charge on any atom is 0.321 e. The van der Waals surface area contributed by atoms with E-state index in [1.807, 2.05) is 12.1 Å². The van der Waals surface area contributed by atoms with E-state index in [1.165, 1.54) is 24.9 Å². The van der Waals surface area contributed by atoms with Crippen LogP contribution in [-0.2, 0) is 4.74 Å². The Morgan fingerprint density at radius 2 is 1.86 bits per heavy atom. The highest BCUT2D eigenvalue weighted by atomic mass is 16.5. The van der Waals surface area contributed by atoms with Gasteiger partial charge in [0.25, 0.3) is 0 Å². The van der Waals surface area contributed by atoms with Gasteiger partial charge in [0.15, 0.2) is 0 Å². The van der Waals surface area contributed by atoms with Gasteiger partial charge >= 0.3 is 6.03 Å². The first-order chi connectivity index (χ1) is 10.3. The number of benzene rings is 1. The summed E-state index contributed by atoms with van der Waals surface area (Å²) >= 11 is 0. The summed E-state index contributed by atoms with van der Waals surface area (Å²) in [6.45, 7) is 2.99. The summed E-state index contributed by atoms with van der Waals surface area (Å²) in [6, 6.07) is 7.87. The minimum atomic E-state index is -0.201. The van der Waals surface area contributed by atoms with Crippen LogP contribution < -0.4 is 15.5 Å². The quantitative estimate of drug-likeness (QED) is 0.899. The van der Waals surface area contributed by atoms with Crippen molar-refractivity contribution in [3.63, 3.8) is 0 Å². The molecule has 0 saturated carbocycles. The van der Waals surface area contributed by atoms with Crippen molar-refractivity contribution >= 4 is 17.4 Å². The third kappa shape index (κ3) is 3.88. The number of amides is 2. The van der Waals surface area contributed by atoms with Crippen LogP contribution in [0, 0.1) is 0 Å². The molecule has 0 aromatic heterocycles. The van der Waals surface area contributed by atoms with Gasteiger partial charge in [-0.1, -0.05) is 0 Å². The molecule has 3 rings (SSSR count). The number of piperidine rings is 1. The fourth-order valence-corrected chi connectivity index (χ4v) is 2.91. The molecule has 2 N–H and O–H groups in total. The van der Waals surface area contributed by atoms with Gasteiger partial charge in [-0.15, -0.1) is 0 Å². The Bertz CT molecular complexity index is 463. The van der Waals surface area contributed by atoms with E-state index in [2.05, 4.69) is 27.7 Å². The van der Waals surface area contributed by atoms with Crippen LogP contribution in [0.5, 0.6) is 0 Å². The van der Waals surface area contributed by atoms with Crippen molar-refractivity contribution in [3.8, 4) is 0 Å². The van der Waals surface area contributed by atoms with E-state index in [0.717, 1.165) is 38.2 Å². The van der Waals surface area contributed by atoms with Crippen LogP contribution in [0.2, 0.25) is 0 Å². The minimum absolute atomic E-state index is 0.141. The van der Waals surface area contributed by atoms with E-state index < -0.39 is 0 Å². The number of hydrogen-bond donors (Lipinski definition) is 2. The highest BCUT2D eigenvalue weighted by Gasteiger charge is 2.17. The molecule has 21 heavy (non-hydrogen) atoms. The summed E-state index contributed by atoms with van der Waals surface area (Å²) < 4.78 is 5.38. The molecule has 0 spiro atoms. The van der Waals surface area contributed by atoms with Crippen LogP contribution in [0.3, 0.4) is 0 Å². The SMILES string of the molecule is O=C(Nc1ccc(N2CCCCC2)cc1)NC1CCCO1. The molecule has 5 heteroatoms. The van der Waals surface area contributed by atoms with Gasteiger partial charge in [-0.2, -0.15) is 0 Å². The second kappa shape index (κ2) is 6.80. The Labute approximate surface area is 125 Å². The van der Waals surface area contributed by atoms with E-state index in [9.17, 15) is 4.79 Å². The second-order valence-electron chi connectivity index (χ2n) is 5.69. The largest absolute Gasteiger partial charge is 0.372 e. The highest BCUT2D eigenvalue weighted by molar-refractivity contribution is 5.89. The predicted octanol–water partition coefficient (Wildman–Crippen LogP) is 2.93. The number of hydrogen-bond acceptors (Lipinski definition) is 3. The van der Waals surface area contributed by atoms with Gasteiger partial charge in [0.2, 0.25) is 0 Å². The molecule has 2 amide bonds. The number of anilines is 2. The topological polar surface area (TPSA) is 53.6 Å². The molecule has 0 bridgehead atoms. The van der Waals surface area contributed by atoms with Gasteiger partial charge in [0.05, 0.1) is 0 Å². The first-order valence-electron chi connectivity index (χ1n) is 7.85. The third-order valence-electron chi connectivity index (χ3n) is 4.07. The normalized spacial score (nSPS) is 22.1. The van der Waals surface area contributed by atoms with E-state index in [0.29, 0.717) is 0 Å². The van der Waals surface area contributed by atoms with Crippen molar-refractivity contribution < 1.29 is 9.53 Å². The maximum atomic E-state index is 11.8. The number of rotatable bonds is 3. The lowest BCUT2D eigenvalue weighted by molar-refractivity contribution is 0.0928. The lowest BCUT2D eigenvalue weighted by atomic mass is 10.1. The molecular weight excluding hydrogens is 266 g/mol. The van der Waals surface area contributed by atoms with Crippen LogP contribution in [0.15, 0.2) is 24.3 Å². The Balaban J connectivity index is 1.52. The average molecular weight is 289 g/mol. The van der Waals surface area contributed by atoms with Crippen molar-refractivity contribution in [1.82, 2.24) is 5.32 Å². The van der Waals surface area contributed by atoms with E-state index in [4.69, 9.17) is 4.74 Å². The smallest absolute Gasteiger partial charge is 0.321 e. The molecule has 1 atom stereocenters. The van der Waals surface area contributed by atoms with Crippen molar-refractivity contribution in [3.05, 3.63) is 24.3 Å². The summed E-state index contributed by atoms with van der Waals surface area (Å²) in [6.07, 6.45) is 5.63. The lowest BCUT2D eigenvalue weighted by Crippen LogP contribution is -2.37. The summed E-state index contributed by atoms with van der Waals surface area (Å²) in [4.78, 5) is 14.2. The molecule has 1 unspecified atom stereocenters. The zero-order valence-electron chi connectivity index (χ0n) is 12.3. The minimum Gasteiger partial charge on any atom is -0.372 e. The highest BCUT2D eigenvalue weighted by Crippen LogP contribution is 2.21. The summed E-state index contributed by atoms with van der Waals surface area (Å²) in [7, 11) is 0. The molecule has 2 saturated heterocycles. The third-order valence-corrected chi connectivity index (χ3v) is 4.07. The number of nitrogens with zero attached hydrogens (tertiary/aromatic N) is 1. The monoisotopic (exact) mass is 289 g/mol. The van der Waals surface area contributed by atoms with Gasteiger partial charge in [-0.25, -0.2) is 4.79 Å². The standard InChI is InChI=1S/C16H23N3O2/c20-16(18-15-5-4-12-21-15)17-13-6-8-14(9-7-13)19-10-2-1-3-11-19/h6-9,15H,1-5,10-12H2,(H2,17,18,20). The van der Waals surface area contributed by atoms with Gasteiger partial charge in [0.1, 0.15) is 6.23 Å². The Morgan fingerprint density at radius 3 is 2.52 bits per heavy atom. The Kier molecular flexibility index (Phi) is 4.60. The number of carbonyl (C=O) groups is 1. The number of carbonyl (C=O) groups excluding carboxylic acids is 1. The van der Waals surface area contributed by atoms with E-state index >= 15 is 0 Å². The average Bonchev–Trinajstić information content (AvgIpc) is 3.02. The van der Waals surface area contributed by atoms with Crippen LogP contribution >= 0.6 is 0 Å². The first-order valence-corrected chi connectivity index (χ1v) is 7.85. The van der Waals surface area contributed by atoms with Gasteiger partial charge in [-0.05, 0) is 56.4 Å². The van der Waals surface area contributed by atoms with Crippen LogP contribution in [-0.4, -0.2) is 32.0 Å². The predicted molar refractivity (Wildman–Crippen MR) is 83.6 cm³/mol. The molecule has 1 aromatic rings. The Hall–Kier alpha value is -1.75. The van der Waals surface area contributed by atoms with Crippen molar-refractivity contribution in [2.75, 3.05) is 29.9 Å². The molecule has 2 aliphatic rings. The van der Waals surface area contributed by atoms with Crippen LogP contribution in [0.1, 0.15) is 32.1 Å². The molecule has 2 heterocycles. The first kappa shape index (κ1) is 14.2. The van der Waals surface area contributed by atoms with Crippen LogP contribution in [0.4, 0.5) is 16.2 Å². The summed E-state index contributed by atoms with van der Waals surface area (Å²) in [5.74, 6) is 0. The second-order valence-corrected chi connectivity index (χ2v) is 5.69. The molecule has 0 aliphatic carbocycles. The van der Waals surface area contributed by atoms with Crippen molar-refractivity contribution in [1.29, 1.82) is 0 Å². The fraction of sp³-hybridized carbons (Fsp3) is 0.562. The molecule has 0 radical (unpaired) electrons. The van der Waals surface area contributed by atoms with E-state index in [-0.39, 0.29) is 12.3 Å². The number of nitrogens with one attached hydrogen (secondary N) is 2.